The van der Waals surface area contributed by atoms with Crippen molar-refractivity contribution in [2.45, 2.75) is 6.92 Å². The van der Waals surface area contributed by atoms with Gasteiger partial charge in [-0.3, -0.25) is 5.10 Å². The van der Waals surface area contributed by atoms with E-state index in [0.717, 1.165) is 16.7 Å². The third kappa shape index (κ3) is 0.586. The first kappa shape index (κ1) is 5.34. The Kier molecular flexibility index (Phi) is 0.943. The van der Waals surface area contributed by atoms with Gasteiger partial charge in [0.1, 0.15) is 11.0 Å². The van der Waals surface area contributed by atoms with Crippen LogP contribution in [0.4, 0.5) is 0 Å². The van der Waals surface area contributed by atoms with Crippen molar-refractivity contribution < 1.29 is 0 Å². The highest BCUT2D eigenvalue weighted by Crippen LogP contribution is 2.08. The fourth-order valence-electron chi connectivity index (χ4n) is 0.880. The Balaban J connectivity index is 2.93. The zero-order valence-electron chi connectivity index (χ0n) is 5.50. The maximum atomic E-state index is 3.99. The summed E-state index contributed by atoms with van der Waals surface area (Å²) in [6.07, 6.45) is 1.63. The Morgan fingerprint density at radius 1 is 1.50 bits per heavy atom. The minimum atomic E-state index is 0.850. The Morgan fingerprint density at radius 2 is 2.40 bits per heavy atom. The normalized spacial score (nSPS) is 10.5. The van der Waals surface area contributed by atoms with E-state index in [1.807, 2.05) is 13.0 Å². The first-order chi connectivity index (χ1) is 4.88. The molecule has 0 aliphatic carbocycles. The van der Waals surface area contributed by atoms with Gasteiger partial charge in [-0.25, -0.2) is 0 Å². The molecule has 0 radical (unpaired) electrons. The van der Waals surface area contributed by atoms with Crippen LogP contribution in [0.5, 0.6) is 0 Å². The lowest BCUT2D eigenvalue weighted by atomic mass is 10.4. The smallest absolute Gasteiger partial charge is 0.134 e. The predicted octanol–water partition coefficient (Wildman–Crippen LogP) is 0.661. The molecule has 2 heterocycles. The number of aromatic nitrogens is 4. The van der Waals surface area contributed by atoms with E-state index in [1.54, 1.807) is 6.20 Å². The van der Waals surface area contributed by atoms with Gasteiger partial charge in [0.25, 0.3) is 0 Å². The molecule has 0 aliphatic rings. The average molecular weight is 134 g/mol. The van der Waals surface area contributed by atoms with Crippen LogP contribution in [-0.2, 0) is 0 Å². The number of fused-ring (bicyclic) bond motifs is 1. The molecule has 0 aromatic carbocycles. The van der Waals surface area contributed by atoms with Crippen molar-refractivity contribution in [2.24, 2.45) is 0 Å². The molecule has 2 rings (SSSR count). The summed E-state index contributed by atoms with van der Waals surface area (Å²) in [7, 11) is 0. The topological polar surface area (TPSA) is 54.5 Å². The number of hydrogen-bond acceptors (Lipinski definition) is 3. The molecule has 10 heavy (non-hydrogen) atoms. The van der Waals surface area contributed by atoms with Crippen LogP contribution in [0.2, 0.25) is 0 Å². The van der Waals surface area contributed by atoms with Crippen molar-refractivity contribution in [3.05, 3.63) is 18.0 Å². The molecule has 0 saturated carbocycles. The molecule has 0 bridgehead atoms. The van der Waals surface area contributed by atoms with Crippen molar-refractivity contribution >= 4 is 11.0 Å². The summed E-state index contributed by atoms with van der Waals surface area (Å²) in [5.74, 6) is 0. The molecule has 2 aromatic heterocycles. The van der Waals surface area contributed by atoms with Gasteiger partial charge in [-0.05, 0) is 13.0 Å². The number of rotatable bonds is 0. The molecule has 0 saturated heterocycles. The van der Waals surface area contributed by atoms with Gasteiger partial charge in [0.15, 0.2) is 0 Å². The molecule has 1 N–H and O–H groups in total. The van der Waals surface area contributed by atoms with E-state index in [4.69, 9.17) is 0 Å². The molecular formula is C6H6N4. The second kappa shape index (κ2) is 1.76. The van der Waals surface area contributed by atoms with Crippen molar-refractivity contribution in [2.75, 3.05) is 0 Å². The molecule has 4 nitrogen and oxygen atoms in total. The predicted molar refractivity (Wildman–Crippen MR) is 36.4 cm³/mol. The van der Waals surface area contributed by atoms with Crippen molar-refractivity contribution in [3.8, 4) is 0 Å². The van der Waals surface area contributed by atoms with Crippen LogP contribution in [0.25, 0.3) is 11.0 Å². The lowest BCUT2D eigenvalue weighted by Crippen LogP contribution is -1.79. The molecule has 0 atom stereocenters. The van der Waals surface area contributed by atoms with E-state index in [-0.39, 0.29) is 0 Å². The zero-order chi connectivity index (χ0) is 6.97. The fraction of sp³-hybridized carbons (Fsp3) is 0.167. The minimum Gasteiger partial charge on any atom is -0.280 e. The van der Waals surface area contributed by atoms with Gasteiger partial charge in [0.05, 0.1) is 11.9 Å². The second-order valence-electron chi connectivity index (χ2n) is 2.11. The Morgan fingerprint density at radius 3 is 3.20 bits per heavy atom. The maximum Gasteiger partial charge on any atom is 0.134 e. The molecule has 50 valence electrons. The Hall–Kier alpha value is -1.45. The molecule has 0 aliphatic heterocycles. The van der Waals surface area contributed by atoms with Crippen LogP contribution in [0.15, 0.2) is 12.3 Å². The summed E-state index contributed by atoms with van der Waals surface area (Å²) in [4.78, 5) is 0. The first-order valence-corrected chi connectivity index (χ1v) is 3.00. The molecule has 4 heteroatoms. The molecule has 0 unspecified atom stereocenters. The minimum absolute atomic E-state index is 0.850. The number of H-pyrrole nitrogens is 1. The SMILES string of the molecule is Cc1[nH]nc2ccnnc12. The van der Waals surface area contributed by atoms with E-state index in [2.05, 4.69) is 20.4 Å². The van der Waals surface area contributed by atoms with Crippen LogP contribution in [0.3, 0.4) is 0 Å². The average Bonchev–Trinajstić information content (AvgIpc) is 2.34. The summed E-state index contributed by atoms with van der Waals surface area (Å²) in [6.45, 7) is 1.92. The largest absolute Gasteiger partial charge is 0.280 e. The number of nitrogens with zero attached hydrogens (tertiary/aromatic N) is 3. The van der Waals surface area contributed by atoms with Gasteiger partial charge in [-0.15, -0.1) is 5.10 Å². The van der Waals surface area contributed by atoms with E-state index < -0.39 is 0 Å². The van der Waals surface area contributed by atoms with Crippen molar-refractivity contribution in [1.82, 2.24) is 20.4 Å². The van der Waals surface area contributed by atoms with Crippen molar-refractivity contribution in [1.29, 1.82) is 0 Å². The first-order valence-electron chi connectivity index (χ1n) is 3.00. The number of aryl methyl sites for hydroxylation is 1. The van der Waals surface area contributed by atoms with Crippen LogP contribution in [0.1, 0.15) is 5.69 Å². The number of aromatic amines is 1. The van der Waals surface area contributed by atoms with Gasteiger partial charge in [0, 0.05) is 0 Å². The zero-order valence-corrected chi connectivity index (χ0v) is 5.50. The van der Waals surface area contributed by atoms with Crippen molar-refractivity contribution in [3.63, 3.8) is 0 Å². The van der Waals surface area contributed by atoms with E-state index in [9.17, 15) is 0 Å². The molecular weight excluding hydrogens is 128 g/mol. The lowest BCUT2D eigenvalue weighted by Gasteiger charge is -1.82. The Labute approximate surface area is 57.3 Å². The lowest BCUT2D eigenvalue weighted by molar-refractivity contribution is 1.06. The highest BCUT2D eigenvalue weighted by Gasteiger charge is 1.99. The quantitative estimate of drug-likeness (QED) is 0.575. The number of hydrogen-bond donors (Lipinski definition) is 1. The summed E-state index contributed by atoms with van der Waals surface area (Å²) in [6, 6.07) is 1.83. The Bertz CT molecular complexity index is 351. The maximum absolute atomic E-state index is 3.99. The second-order valence-corrected chi connectivity index (χ2v) is 2.11. The highest BCUT2D eigenvalue weighted by atomic mass is 15.2. The summed E-state index contributed by atoms with van der Waals surface area (Å²) in [5, 5.41) is 14.4. The fourth-order valence-corrected chi connectivity index (χ4v) is 0.880. The van der Waals surface area contributed by atoms with Crippen LogP contribution < -0.4 is 0 Å². The van der Waals surface area contributed by atoms with Gasteiger partial charge in [-0.1, -0.05) is 0 Å². The van der Waals surface area contributed by atoms with Crippen LogP contribution in [-0.4, -0.2) is 20.4 Å². The molecule has 0 spiro atoms. The summed E-state index contributed by atoms with van der Waals surface area (Å²) in [5.41, 5.74) is 2.68. The standard InChI is InChI=1S/C6H6N4/c1-4-6-5(9-8-4)2-3-7-10-6/h2-3H,1H3,(H,8,9). The highest BCUT2D eigenvalue weighted by molar-refractivity contribution is 5.75. The van der Waals surface area contributed by atoms with Gasteiger partial charge in [-0.2, -0.15) is 10.2 Å². The third-order valence-corrected chi connectivity index (χ3v) is 1.40. The van der Waals surface area contributed by atoms with E-state index in [0.29, 0.717) is 0 Å². The molecule has 0 amide bonds. The molecule has 2 aromatic rings. The van der Waals surface area contributed by atoms with Crippen LogP contribution in [0, 0.1) is 6.92 Å². The van der Waals surface area contributed by atoms with E-state index in [1.165, 1.54) is 0 Å². The molecule has 0 fully saturated rings. The van der Waals surface area contributed by atoms with Gasteiger partial charge < -0.3 is 0 Å². The third-order valence-electron chi connectivity index (χ3n) is 1.40. The van der Waals surface area contributed by atoms with Gasteiger partial charge in [0.2, 0.25) is 0 Å². The monoisotopic (exact) mass is 134 g/mol. The summed E-state index contributed by atoms with van der Waals surface area (Å²) < 4.78 is 0. The van der Waals surface area contributed by atoms with Crippen LogP contribution >= 0.6 is 0 Å². The summed E-state index contributed by atoms with van der Waals surface area (Å²) >= 11 is 0. The van der Waals surface area contributed by atoms with E-state index >= 15 is 0 Å². The number of nitrogens with one attached hydrogen (secondary N) is 1. The van der Waals surface area contributed by atoms with Gasteiger partial charge >= 0.3 is 0 Å².